The van der Waals surface area contributed by atoms with E-state index in [-0.39, 0.29) is 18.9 Å². The highest BCUT2D eigenvalue weighted by molar-refractivity contribution is 5.76. The number of nitrogens with two attached hydrogens (primary N) is 1. The zero-order chi connectivity index (χ0) is 23.5. The summed E-state index contributed by atoms with van der Waals surface area (Å²) in [5.41, 5.74) is 2.41. The van der Waals surface area contributed by atoms with E-state index in [4.69, 9.17) is 15.2 Å². The van der Waals surface area contributed by atoms with Crippen LogP contribution in [0.25, 0.3) is 0 Å². The van der Waals surface area contributed by atoms with Gasteiger partial charge >= 0.3 is 17.6 Å². The summed E-state index contributed by atoms with van der Waals surface area (Å²) in [6.45, 7) is 6.48. The van der Waals surface area contributed by atoms with E-state index in [1.54, 1.807) is 27.7 Å². The predicted octanol–water partition coefficient (Wildman–Crippen LogP) is -0.769. The molecular weight excluding hydrogens is 408 g/mol. The Morgan fingerprint density at radius 2 is 2.00 bits per heavy atom. The van der Waals surface area contributed by atoms with Crippen LogP contribution >= 0.6 is 0 Å². The van der Waals surface area contributed by atoms with Crippen LogP contribution in [0.15, 0.2) is 21.9 Å². The van der Waals surface area contributed by atoms with E-state index in [1.165, 1.54) is 0 Å². The lowest BCUT2D eigenvalue weighted by Gasteiger charge is -2.29. The molecule has 0 radical (unpaired) electrons. The quantitative estimate of drug-likeness (QED) is 0.463. The van der Waals surface area contributed by atoms with E-state index in [0.29, 0.717) is 0 Å². The molecule has 1 aliphatic rings. The average molecular weight is 436 g/mol. The number of ether oxygens (including phenoxy) is 2. The summed E-state index contributed by atoms with van der Waals surface area (Å²) in [7, 11) is 0. The van der Waals surface area contributed by atoms with Gasteiger partial charge in [-0.05, 0) is 12.3 Å². The Labute approximate surface area is 178 Å². The summed E-state index contributed by atoms with van der Waals surface area (Å²) in [4.78, 5) is 50.2. The van der Waals surface area contributed by atoms with Crippen molar-refractivity contribution < 1.29 is 24.2 Å². The molecule has 1 aromatic heterocycles. The third-order valence-electron chi connectivity index (χ3n) is 5.44. The second kappa shape index (κ2) is 9.45. The first-order chi connectivity index (χ1) is 14.4. The van der Waals surface area contributed by atoms with E-state index in [0.717, 1.165) is 16.8 Å². The number of aromatic nitrogens is 2. The number of carbonyl (C=O) groups excluding carboxylic acids is 2. The minimum absolute atomic E-state index is 0.170. The number of rotatable bonds is 7. The van der Waals surface area contributed by atoms with Crippen molar-refractivity contribution in [1.29, 1.82) is 5.26 Å². The third-order valence-corrected chi connectivity index (χ3v) is 5.44. The summed E-state index contributed by atoms with van der Waals surface area (Å²) >= 11 is 0. The molecular formula is C20H28N4O7. The molecule has 31 heavy (non-hydrogen) atoms. The minimum atomic E-state index is -1.86. The zero-order valence-electron chi connectivity index (χ0n) is 17.9. The van der Waals surface area contributed by atoms with Gasteiger partial charge in [0, 0.05) is 18.2 Å². The van der Waals surface area contributed by atoms with Crippen LogP contribution in [0.2, 0.25) is 0 Å². The van der Waals surface area contributed by atoms with Crippen LogP contribution in [0.1, 0.15) is 34.1 Å². The first kappa shape index (κ1) is 24.3. The summed E-state index contributed by atoms with van der Waals surface area (Å²) in [5.74, 6) is -2.74. The third kappa shape index (κ3) is 4.86. The molecule has 0 bridgehead atoms. The molecule has 0 aliphatic heterocycles. The van der Waals surface area contributed by atoms with Crippen LogP contribution in [0, 0.1) is 29.1 Å². The van der Waals surface area contributed by atoms with Gasteiger partial charge in [-0.1, -0.05) is 27.7 Å². The summed E-state index contributed by atoms with van der Waals surface area (Å²) < 4.78 is 11.6. The molecule has 0 saturated heterocycles. The molecule has 5 atom stereocenters. The molecule has 1 saturated carbocycles. The van der Waals surface area contributed by atoms with Gasteiger partial charge in [0.1, 0.15) is 18.2 Å². The Hall–Kier alpha value is -2.97. The van der Waals surface area contributed by atoms with Crippen LogP contribution < -0.4 is 17.0 Å². The van der Waals surface area contributed by atoms with Crippen molar-refractivity contribution in [3.63, 3.8) is 0 Å². The van der Waals surface area contributed by atoms with E-state index >= 15 is 0 Å². The molecule has 0 spiro atoms. The van der Waals surface area contributed by atoms with Gasteiger partial charge in [0.25, 0.3) is 5.56 Å². The molecule has 11 nitrogen and oxygen atoms in total. The lowest BCUT2D eigenvalue weighted by atomic mass is 9.95. The van der Waals surface area contributed by atoms with Crippen molar-refractivity contribution >= 4 is 11.9 Å². The largest absolute Gasteiger partial charge is 0.465 e. The number of nitriles is 1. The van der Waals surface area contributed by atoms with E-state index in [9.17, 15) is 29.5 Å². The Kier molecular flexibility index (Phi) is 7.41. The van der Waals surface area contributed by atoms with Crippen molar-refractivity contribution in [2.45, 2.75) is 57.9 Å². The maximum Gasteiger partial charge on any atom is 0.329 e. The van der Waals surface area contributed by atoms with Gasteiger partial charge in [0.05, 0.1) is 18.6 Å². The molecule has 1 aliphatic carbocycles. The maximum atomic E-state index is 12.5. The van der Waals surface area contributed by atoms with Gasteiger partial charge in [-0.2, -0.15) is 5.26 Å². The van der Waals surface area contributed by atoms with Crippen LogP contribution in [-0.2, 0) is 24.6 Å². The van der Waals surface area contributed by atoms with Gasteiger partial charge in [0.2, 0.25) is 0 Å². The topological polar surface area (TPSA) is 178 Å². The molecule has 0 amide bonds. The highest BCUT2D eigenvalue weighted by Gasteiger charge is 2.58. The number of aliphatic hydroxyl groups excluding tert-OH is 1. The van der Waals surface area contributed by atoms with Crippen molar-refractivity contribution in [2.24, 2.45) is 23.5 Å². The smallest absolute Gasteiger partial charge is 0.329 e. The van der Waals surface area contributed by atoms with Crippen molar-refractivity contribution in [1.82, 2.24) is 9.55 Å². The first-order valence-corrected chi connectivity index (χ1v) is 9.99. The van der Waals surface area contributed by atoms with Gasteiger partial charge in [-0.25, -0.2) is 4.79 Å². The second-order valence-electron chi connectivity index (χ2n) is 8.38. The van der Waals surface area contributed by atoms with E-state index in [2.05, 4.69) is 0 Å². The highest BCUT2D eigenvalue weighted by atomic mass is 16.6. The normalized spacial score (nSPS) is 26.5. The molecule has 1 heterocycles. The Morgan fingerprint density at radius 3 is 2.52 bits per heavy atom. The standard InChI is InChI=1S/C20H28N4O7/c1-10(2)14(22)18(28)31-15-12(8-30-17(27)11(3)4)7-20(9-21,16(15)26)24-6-5-13(25)23-19(24)29/h5-6,10-12,14-16,26H,7-8,22H2,1-4H3,(H,23,25,29)/t12-,14-,15?,16?,20+/m1/s1. The fourth-order valence-electron chi connectivity index (χ4n) is 3.46. The molecule has 1 aromatic rings. The van der Waals surface area contributed by atoms with Gasteiger partial charge in [-0.15, -0.1) is 0 Å². The number of nitrogens with zero attached hydrogens (tertiary/aromatic N) is 2. The highest BCUT2D eigenvalue weighted by Crippen LogP contribution is 2.42. The number of H-pyrrole nitrogens is 1. The SMILES string of the molecule is CC(C)C(=O)OC[C@H]1C[C@@](C#N)(n2ccc(=O)[nH]c2=O)C(O)C1OC(=O)[C@H](N)C(C)C. The molecule has 2 rings (SSSR count). The van der Waals surface area contributed by atoms with Gasteiger partial charge in [0.15, 0.2) is 5.54 Å². The molecule has 170 valence electrons. The Morgan fingerprint density at radius 1 is 1.35 bits per heavy atom. The fraction of sp³-hybridized carbons (Fsp3) is 0.650. The number of aromatic amines is 1. The molecule has 4 N–H and O–H groups in total. The maximum absolute atomic E-state index is 12.5. The molecule has 2 unspecified atom stereocenters. The first-order valence-electron chi connectivity index (χ1n) is 9.99. The van der Waals surface area contributed by atoms with Crippen molar-refractivity contribution in [3.8, 4) is 6.07 Å². The molecule has 11 heteroatoms. The van der Waals surface area contributed by atoms with Crippen LogP contribution in [0.3, 0.4) is 0 Å². The number of hydrogen-bond donors (Lipinski definition) is 3. The lowest BCUT2D eigenvalue weighted by Crippen LogP contribution is -2.51. The number of nitrogens with one attached hydrogen (secondary N) is 1. The average Bonchev–Trinajstić information content (AvgIpc) is 2.97. The second-order valence-corrected chi connectivity index (χ2v) is 8.38. The Balaban J connectivity index is 2.44. The summed E-state index contributed by atoms with van der Waals surface area (Å²) in [5, 5.41) is 21.0. The predicted molar refractivity (Wildman–Crippen MR) is 108 cm³/mol. The van der Waals surface area contributed by atoms with Crippen molar-refractivity contribution in [2.75, 3.05) is 6.61 Å². The lowest BCUT2D eigenvalue weighted by molar-refractivity contribution is -0.163. The number of esters is 2. The monoisotopic (exact) mass is 436 g/mol. The zero-order valence-corrected chi connectivity index (χ0v) is 17.9. The molecule has 0 aromatic carbocycles. The Bertz CT molecular complexity index is 977. The van der Waals surface area contributed by atoms with Gasteiger partial charge < -0.3 is 20.3 Å². The van der Waals surface area contributed by atoms with Crippen LogP contribution in [0.5, 0.6) is 0 Å². The van der Waals surface area contributed by atoms with E-state index < -0.39 is 58.8 Å². The van der Waals surface area contributed by atoms with Crippen LogP contribution in [-0.4, -0.2) is 51.5 Å². The summed E-state index contributed by atoms with van der Waals surface area (Å²) in [6, 6.07) is 1.99. The minimum Gasteiger partial charge on any atom is -0.465 e. The van der Waals surface area contributed by atoms with E-state index in [1.807, 2.05) is 11.1 Å². The van der Waals surface area contributed by atoms with Crippen LogP contribution in [0.4, 0.5) is 0 Å². The van der Waals surface area contributed by atoms with Gasteiger partial charge in [-0.3, -0.25) is 23.9 Å². The number of carbonyl (C=O) groups is 2. The number of aliphatic hydroxyl groups is 1. The van der Waals surface area contributed by atoms with Crippen molar-refractivity contribution in [3.05, 3.63) is 33.1 Å². The number of hydrogen-bond acceptors (Lipinski definition) is 9. The molecule has 1 fully saturated rings. The summed E-state index contributed by atoms with van der Waals surface area (Å²) in [6.07, 6.45) is -1.99. The fourth-order valence-corrected chi connectivity index (χ4v) is 3.46.